The van der Waals surface area contributed by atoms with Crippen LogP contribution in [-0.2, 0) is 0 Å². The molecule has 2 nitrogen and oxygen atoms in total. The minimum Gasteiger partial charge on any atom is -0.330 e. The highest BCUT2D eigenvalue weighted by atomic mass is 35.5. The van der Waals surface area contributed by atoms with E-state index < -0.39 is 6.17 Å². The van der Waals surface area contributed by atoms with Crippen molar-refractivity contribution < 1.29 is 4.39 Å². The number of nitrogens with two attached hydrogens (primary N) is 1. The van der Waals surface area contributed by atoms with Crippen LogP contribution in [-0.4, -0.2) is 19.3 Å². The molecule has 0 aliphatic heterocycles. The minimum atomic E-state index is -0.997. The summed E-state index contributed by atoms with van der Waals surface area (Å²) in [5.74, 6) is 0. The third kappa shape index (κ3) is 11.9. The van der Waals surface area contributed by atoms with Crippen LogP contribution >= 0.6 is 23.5 Å². The van der Waals surface area contributed by atoms with Crippen molar-refractivity contribution in [3.8, 4) is 0 Å². The standard InChI is InChI=1S/C10H18ClFN2S/c1-9(11)8-10(12)4-2-7-15-14-6-3-5-13/h2,7-8,10,14H,3-6,13H2,1H3/b7-2+,9-8+. The van der Waals surface area contributed by atoms with Crippen molar-refractivity contribution in [2.45, 2.75) is 25.9 Å². The average molecular weight is 253 g/mol. The van der Waals surface area contributed by atoms with Crippen molar-refractivity contribution >= 4 is 23.5 Å². The van der Waals surface area contributed by atoms with Gasteiger partial charge in [0.1, 0.15) is 6.17 Å². The third-order valence-electron chi connectivity index (χ3n) is 1.50. The van der Waals surface area contributed by atoms with Gasteiger partial charge in [-0.3, -0.25) is 4.72 Å². The molecule has 0 amide bonds. The zero-order chi connectivity index (χ0) is 11.5. The number of nitrogens with one attached hydrogen (secondary N) is 1. The lowest BCUT2D eigenvalue weighted by molar-refractivity contribution is 0.403. The Morgan fingerprint density at radius 1 is 1.67 bits per heavy atom. The summed E-state index contributed by atoms with van der Waals surface area (Å²) in [6.45, 7) is 3.22. The Bertz CT molecular complexity index is 206. The Labute approximate surface area is 100 Å². The first-order valence-corrected chi connectivity index (χ1v) is 6.14. The lowest BCUT2D eigenvalue weighted by Gasteiger charge is -1.99. The highest BCUT2D eigenvalue weighted by Gasteiger charge is 1.98. The summed E-state index contributed by atoms with van der Waals surface area (Å²) in [6, 6.07) is 0. The van der Waals surface area contributed by atoms with E-state index >= 15 is 0 Å². The maximum Gasteiger partial charge on any atom is 0.123 e. The molecule has 0 saturated carbocycles. The van der Waals surface area contributed by atoms with Gasteiger partial charge in [0, 0.05) is 18.0 Å². The predicted molar refractivity (Wildman–Crippen MR) is 67.5 cm³/mol. The van der Waals surface area contributed by atoms with Crippen LogP contribution in [0.25, 0.3) is 0 Å². The average Bonchev–Trinajstić information content (AvgIpc) is 2.15. The van der Waals surface area contributed by atoms with E-state index in [-0.39, 0.29) is 0 Å². The summed E-state index contributed by atoms with van der Waals surface area (Å²) >= 11 is 6.99. The molecule has 0 saturated heterocycles. The Morgan fingerprint density at radius 3 is 3.00 bits per heavy atom. The number of halogens is 2. The normalized spacial score (nSPS) is 14.8. The predicted octanol–water partition coefficient (Wildman–Crippen LogP) is 2.96. The van der Waals surface area contributed by atoms with Crippen molar-refractivity contribution in [3.05, 3.63) is 22.6 Å². The van der Waals surface area contributed by atoms with Gasteiger partial charge in [0.25, 0.3) is 0 Å². The molecule has 0 aromatic rings. The molecule has 1 unspecified atom stereocenters. The molecule has 88 valence electrons. The van der Waals surface area contributed by atoms with Gasteiger partial charge in [-0.1, -0.05) is 29.6 Å². The number of alkyl halides is 1. The quantitative estimate of drug-likeness (QED) is 0.515. The molecule has 0 aromatic heterocycles. The molecule has 0 aliphatic rings. The fraction of sp³-hybridized carbons (Fsp3) is 0.600. The summed E-state index contributed by atoms with van der Waals surface area (Å²) in [7, 11) is 0. The lowest BCUT2D eigenvalue weighted by Crippen LogP contribution is -2.10. The fourth-order valence-corrected chi connectivity index (χ4v) is 1.53. The SMILES string of the molecule is C/C(Cl)=C\C(F)C/C=C/SNCCCN. The van der Waals surface area contributed by atoms with Gasteiger partial charge in [-0.2, -0.15) is 0 Å². The molecule has 5 heteroatoms. The molecule has 15 heavy (non-hydrogen) atoms. The van der Waals surface area contributed by atoms with E-state index in [2.05, 4.69) is 4.72 Å². The van der Waals surface area contributed by atoms with E-state index in [0.717, 1.165) is 13.0 Å². The van der Waals surface area contributed by atoms with Gasteiger partial charge >= 0.3 is 0 Å². The van der Waals surface area contributed by atoms with Crippen LogP contribution in [0.4, 0.5) is 4.39 Å². The van der Waals surface area contributed by atoms with Crippen LogP contribution in [0.2, 0.25) is 0 Å². The summed E-state index contributed by atoms with van der Waals surface area (Å²) in [5, 5.41) is 2.32. The fourth-order valence-electron chi connectivity index (χ4n) is 0.832. The molecular formula is C10H18ClFN2S. The topological polar surface area (TPSA) is 38.0 Å². The van der Waals surface area contributed by atoms with Crippen molar-refractivity contribution in [2.24, 2.45) is 5.73 Å². The molecule has 1 atom stereocenters. The number of allylic oxidation sites excluding steroid dienone is 3. The lowest BCUT2D eigenvalue weighted by atomic mass is 10.2. The molecular weight excluding hydrogens is 235 g/mol. The van der Waals surface area contributed by atoms with E-state index in [4.69, 9.17) is 17.3 Å². The van der Waals surface area contributed by atoms with Crippen LogP contribution in [0.3, 0.4) is 0 Å². The molecule has 0 bridgehead atoms. The van der Waals surface area contributed by atoms with Crippen molar-refractivity contribution in [3.63, 3.8) is 0 Å². The molecule has 3 N–H and O–H groups in total. The van der Waals surface area contributed by atoms with E-state index in [1.54, 1.807) is 13.0 Å². The van der Waals surface area contributed by atoms with Gasteiger partial charge < -0.3 is 5.73 Å². The molecule has 0 aliphatic carbocycles. The first-order valence-electron chi connectivity index (χ1n) is 4.88. The van der Waals surface area contributed by atoms with E-state index in [1.807, 2.05) is 5.41 Å². The van der Waals surface area contributed by atoms with Gasteiger partial charge in [0.2, 0.25) is 0 Å². The minimum absolute atomic E-state index is 0.357. The van der Waals surface area contributed by atoms with Crippen molar-refractivity contribution in [1.29, 1.82) is 0 Å². The number of hydrogen-bond acceptors (Lipinski definition) is 3. The Hall–Kier alpha value is -0.0300. The van der Waals surface area contributed by atoms with Gasteiger partial charge in [-0.25, -0.2) is 4.39 Å². The van der Waals surface area contributed by atoms with E-state index in [9.17, 15) is 4.39 Å². The first-order chi connectivity index (χ1) is 7.16. The second kappa shape index (κ2) is 10.5. The van der Waals surface area contributed by atoms with Crippen LogP contribution in [0.1, 0.15) is 19.8 Å². The molecule has 0 aromatic carbocycles. The molecule has 0 radical (unpaired) electrons. The molecule has 0 rings (SSSR count). The summed E-state index contributed by atoms with van der Waals surface area (Å²) in [6.07, 6.45) is 3.49. The van der Waals surface area contributed by atoms with Crippen LogP contribution in [0.15, 0.2) is 22.6 Å². The maximum atomic E-state index is 13.0. The maximum absolute atomic E-state index is 13.0. The van der Waals surface area contributed by atoms with Crippen LogP contribution in [0.5, 0.6) is 0 Å². The Morgan fingerprint density at radius 2 is 2.40 bits per heavy atom. The molecule has 0 heterocycles. The smallest absolute Gasteiger partial charge is 0.123 e. The summed E-state index contributed by atoms with van der Waals surface area (Å²) < 4.78 is 16.1. The summed E-state index contributed by atoms with van der Waals surface area (Å²) in [5.41, 5.74) is 5.32. The third-order valence-corrected chi connectivity index (χ3v) is 2.33. The van der Waals surface area contributed by atoms with Crippen LogP contribution in [0, 0.1) is 0 Å². The monoisotopic (exact) mass is 252 g/mol. The zero-order valence-corrected chi connectivity index (χ0v) is 10.5. The molecule has 0 spiro atoms. The number of hydrogen-bond donors (Lipinski definition) is 2. The van der Waals surface area contributed by atoms with Gasteiger partial charge in [-0.05, 0) is 31.4 Å². The van der Waals surface area contributed by atoms with Gasteiger partial charge in [0.15, 0.2) is 0 Å². The highest BCUT2D eigenvalue weighted by Crippen LogP contribution is 2.08. The summed E-state index contributed by atoms with van der Waals surface area (Å²) in [4.78, 5) is 0. The van der Waals surface area contributed by atoms with Crippen molar-refractivity contribution in [2.75, 3.05) is 13.1 Å². The second-order valence-corrected chi connectivity index (χ2v) is 4.42. The van der Waals surface area contributed by atoms with Crippen molar-refractivity contribution in [1.82, 2.24) is 4.72 Å². The van der Waals surface area contributed by atoms with E-state index in [1.165, 1.54) is 18.0 Å². The second-order valence-electron chi connectivity index (χ2n) is 3.03. The van der Waals surface area contributed by atoms with Gasteiger partial charge in [-0.15, -0.1) is 0 Å². The number of rotatable bonds is 8. The first kappa shape index (κ1) is 15.0. The Kier molecular flexibility index (Phi) is 10.5. The van der Waals surface area contributed by atoms with E-state index in [0.29, 0.717) is 18.0 Å². The molecule has 0 fully saturated rings. The van der Waals surface area contributed by atoms with Gasteiger partial charge in [0.05, 0.1) is 0 Å². The zero-order valence-electron chi connectivity index (χ0n) is 8.88. The largest absolute Gasteiger partial charge is 0.330 e. The highest BCUT2D eigenvalue weighted by molar-refractivity contribution is 8.00. The Balaban J connectivity index is 3.41. The van der Waals surface area contributed by atoms with Crippen LogP contribution < -0.4 is 10.5 Å².